The molecule has 0 rings (SSSR count). The SMILES string of the molecule is CCCC(C)(N)C(C)CC(C)C. The van der Waals surface area contributed by atoms with Gasteiger partial charge in [-0.15, -0.1) is 0 Å². The minimum atomic E-state index is 0.0407. The Kier molecular flexibility index (Phi) is 4.84. The van der Waals surface area contributed by atoms with E-state index in [2.05, 4.69) is 34.6 Å². The smallest absolute Gasteiger partial charge is 0.0151 e. The monoisotopic (exact) mass is 171 g/mol. The summed E-state index contributed by atoms with van der Waals surface area (Å²) in [4.78, 5) is 0. The first-order chi connectivity index (χ1) is 5.40. The molecule has 0 aromatic carbocycles. The molecule has 0 saturated carbocycles. The Morgan fingerprint density at radius 1 is 1.25 bits per heavy atom. The zero-order valence-corrected chi connectivity index (χ0v) is 9.35. The maximum atomic E-state index is 6.22. The van der Waals surface area contributed by atoms with Crippen LogP contribution in [0, 0.1) is 11.8 Å². The van der Waals surface area contributed by atoms with Crippen LogP contribution < -0.4 is 5.73 Å². The van der Waals surface area contributed by atoms with Gasteiger partial charge in [-0.1, -0.05) is 34.1 Å². The fourth-order valence-corrected chi connectivity index (χ4v) is 1.76. The van der Waals surface area contributed by atoms with Crippen LogP contribution in [0.3, 0.4) is 0 Å². The highest BCUT2D eigenvalue weighted by Crippen LogP contribution is 2.25. The van der Waals surface area contributed by atoms with Gasteiger partial charge in [0.15, 0.2) is 0 Å². The zero-order valence-electron chi connectivity index (χ0n) is 9.35. The van der Waals surface area contributed by atoms with Crippen molar-refractivity contribution in [2.75, 3.05) is 0 Å². The summed E-state index contributed by atoms with van der Waals surface area (Å²) in [6.07, 6.45) is 3.57. The molecule has 0 aliphatic rings. The molecular weight excluding hydrogens is 146 g/mol. The lowest BCUT2D eigenvalue weighted by Gasteiger charge is -2.32. The van der Waals surface area contributed by atoms with Crippen molar-refractivity contribution >= 4 is 0 Å². The topological polar surface area (TPSA) is 26.0 Å². The van der Waals surface area contributed by atoms with Gasteiger partial charge in [0.2, 0.25) is 0 Å². The number of nitrogens with two attached hydrogens (primary N) is 1. The average Bonchev–Trinajstić information content (AvgIpc) is 1.85. The summed E-state index contributed by atoms with van der Waals surface area (Å²) in [6, 6.07) is 0. The van der Waals surface area contributed by atoms with Gasteiger partial charge in [-0.05, 0) is 31.6 Å². The molecule has 0 radical (unpaired) electrons. The molecule has 1 heteroatoms. The summed E-state index contributed by atoms with van der Waals surface area (Å²) < 4.78 is 0. The molecule has 0 spiro atoms. The van der Waals surface area contributed by atoms with Crippen molar-refractivity contribution in [1.82, 2.24) is 0 Å². The molecular formula is C11H25N. The molecule has 74 valence electrons. The van der Waals surface area contributed by atoms with Gasteiger partial charge in [0, 0.05) is 5.54 Å². The second-order valence-corrected chi connectivity index (χ2v) is 4.79. The summed E-state index contributed by atoms with van der Waals surface area (Å²) in [7, 11) is 0. The van der Waals surface area contributed by atoms with Crippen molar-refractivity contribution in [2.24, 2.45) is 17.6 Å². The normalized spacial score (nSPS) is 19.2. The molecule has 0 aliphatic carbocycles. The van der Waals surface area contributed by atoms with E-state index in [9.17, 15) is 0 Å². The minimum absolute atomic E-state index is 0.0407. The first kappa shape index (κ1) is 12.0. The van der Waals surface area contributed by atoms with Crippen LogP contribution in [-0.2, 0) is 0 Å². The molecule has 0 heterocycles. The van der Waals surface area contributed by atoms with Crippen molar-refractivity contribution in [1.29, 1.82) is 0 Å². The van der Waals surface area contributed by atoms with Crippen molar-refractivity contribution in [2.45, 2.75) is 59.4 Å². The Bertz CT molecular complexity index is 116. The predicted octanol–water partition coefficient (Wildman–Crippen LogP) is 3.19. The van der Waals surface area contributed by atoms with Crippen LogP contribution in [-0.4, -0.2) is 5.54 Å². The van der Waals surface area contributed by atoms with E-state index in [0.717, 1.165) is 12.3 Å². The summed E-state index contributed by atoms with van der Waals surface area (Å²) in [5.74, 6) is 1.40. The Balaban J connectivity index is 3.96. The summed E-state index contributed by atoms with van der Waals surface area (Å²) in [5, 5.41) is 0. The minimum Gasteiger partial charge on any atom is -0.325 e. The molecule has 12 heavy (non-hydrogen) atoms. The van der Waals surface area contributed by atoms with Gasteiger partial charge < -0.3 is 5.73 Å². The van der Waals surface area contributed by atoms with Gasteiger partial charge in [0.25, 0.3) is 0 Å². The predicted molar refractivity (Wildman–Crippen MR) is 56.1 cm³/mol. The van der Waals surface area contributed by atoms with E-state index in [1.165, 1.54) is 12.8 Å². The second kappa shape index (κ2) is 4.86. The highest BCUT2D eigenvalue weighted by Gasteiger charge is 2.25. The lowest BCUT2D eigenvalue weighted by atomic mass is 9.79. The molecule has 0 amide bonds. The molecule has 0 aromatic rings. The molecule has 2 atom stereocenters. The largest absolute Gasteiger partial charge is 0.325 e. The number of hydrogen-bond donors (Lipinski definition) is 1. The van der Waals surface area contributed by atoms with E-state index in [4.69, 9.17) is 5.73 Å². The van der Waals surface area contributed by atoms with E-state index < -0.39 is 0 Å². The summed E-state index contributed by atoms with van der Waals surface area (Å²) >= 11 is 0. The fourth-order valence-electron chi connectivity index (χ4n) is 1.76. The van der Waals surface area contributed by atoms with E-state index in [-0.39, 0.29) is 5.54 Å². The van der Waals surface area contributed by atoms with Crippen LogP contribution in [0.4, 0.5) is 0 Å². The molecule has 2 N–H and O–H groups in total. The Morgan fingerprint density at radius 2 is 1.75 bits per heavy atom. The van der Waals surface area contributed by atoms with Gasteiger partial charge in [-0.25, -0.2) is 0 Å². The van der Waals surface area contributed by atoms with Gasteiger partial charge in [0.1, 0.15) is 0 Å². The molecule has 2 unspecified atom stereocenters. The highest BCUT2D eigenvalue weighted by atomic mass is 14.7. The standard InChI is InChI=1S/C11H25N/c1-6-7-11(5,12)10(4)8-9(2)3/h9-10H,6-8,12H2,1-5H3. The third-order valence-corrected chi connectivity index (χ3v) is 2.74. The van der Waals surface area contributed by atoms with E-state index in [0.29, 0.717) is 5.92 Å². The van der Waals surface area contributed by atoms with Crippen LogP contribution >= 0.6 is 0 Å². The van der Waals surface area contributed by atoms with Crippen molar-refractivity contribution in [3.63, 3.8) is 0 Å². The zero-order chi connectivity index (χ0) is 9.78. The highest BCUT2D eigenvalue weighted by molar-refractivity contribution is 4.84. The Morgan fingerprint density at radius 3 is 2.08 bits per heavy atom. The quantitative estimate of drug-likeness (QED) is 0.675. The van der Waals surface area contributed by atoms with Crippen LogP contribution in [0.25, 0.3) is 0 Å². The molecule has 0 aliphatic heterocycles. The Labute approximate surface area is 77.7 Å². The Hall–Kier alpha value is -0.0400. The van der Waals surface area contributed by atoms with Crippen molar-refractivity contribution in [3.8, 4) is 0 Å². The first-order valence-corrected chi connectivity index (χ1v) is 5.19. The van der Waals surface area contributed by atoms with Crippen molar-refractivity contribution < 1.29 is 0 Å². The van der Waals surface area contributed by atoms with Gasteiger partial charge in [0.05, 0.1) is 0 Å². The van der Waals surface area contributed by atoms with Gasteiger partial charge >= 0.3 is 0 Å². The van der Waals surface area contributed by atoms with E-state index >= 15 is 0 Å². The lowest BCUT2D eigenvalue weighted by molar-refractivity contribution is 0.255. The third kappa shape index (κ3) is 4.10. The molecule has 0 saturated heterocycles. The van der Waals surface area contributed by atoms with Crippen LogP contribution in [0.5, 0.6) is 0 Å². The number of hydrogen-bond acceptors (Lipinski definition) is 1. The first-order valence-electron chi connectivity index (χ1n) is 5.19. The van der Waals surface area contributed by atoms with Gasteiger partial charge in [-0.2, -0.15) is 0 Å². The fraction of sp³-hybridized carbons (Fsp3) is 1.00. The van der Waals surface area contributed by atoms with Crippen molar-refractivity contribution in [3.05, 3.63) is 0 Å². The number of rotatable bonds is 5. The van der Waals surface area contributed by atoms with Gasteiger partial charge in [-0.3, -0.25) is 0 Å². The maximum absolute atomic E-state index is 6.22. The van der Waals surface area contributed by atoms with E-state index in [1.54, 1.807) is 0 Å². The third-order valence-electron chi connectivity index (χ3n) is 2.74. The molecule has 0 aromatic heterocycles. The molecule has 1 nitrogen and oxygen atoms in total. The van der Waals surface area contributed by atoms with Crippen LogP contribution in [0.2, 0.25) is 0 Å². The van der Waals surface area contributed by atoms with Crippen LogP contribution in [0.15, 0.2) is 0 Å². The molecule has 0 bridgehead atoms. The average molecular weight is 171 g/mol. The summed E-state index contributed by atoms with van der Waals surface area (Å²) in [6.45, 7) is 11.2. The summed E-state index contributed by atoms with van der Waals surface area (Å²) in [5.41, 5.74) is 6.26. The second-order valence-electron chi connectivity index (χ2n) is 4.79. The molecule has 0 fully saturated rings. The van der Waals surface area contributed by atoms with Crippen LogP contribution in [0.1, 0.15) is 53.9 Å². The lowest BCUT2D eigenvalue weighted by Crippen LogP contribution is -2.43. The maximum Gasteiger partial charge on any atom is 0.0151 e. The van der Waals surface area contributed by atoms with E-state index in [1.807, 2.05) is 0 Å².